The Bertz CT molecular complexity index is 1570. The number of hydrazine groups is 2. The van der Waals surface area contributed by atoms with Gasteiger partial charge in [0, 0.05) is 48.5 Å². The van der Waals surface area contributed by atoms with Gasteiger partial charge in [0.1, 0.15) is 6.07 Å². The molecular weight excluding hydrogens is 524 g/mol. The van der Waals surface area contributed by atoms with Crippen molar-refractivity contribution in [1.29, 1.82) is 5.26 Å². The van der Waals surface area contributed by atoms with Gasteiger partial charge in [0.25, 0.3) is 0 Å². The van der Waals surface area contributed by atoms with Crippen LogP contribution in [0, 0.1) is 11.3 Å². The summed E-state index contributed by atoms with van der Waals surface area (Å²) in [5, 5.41) is 30.2. The average molecular weight is 553 g/mol. The fourth-order valence-electron chi connectivity index (χ4n) is 4.99. The van der Waals surface area contributed by atoms with Gasteiger partial charge >= 0.3 is 0 Å². The van der Waals surface area contributed by atoms with Crippen LogP contribution in [0.4, 0.5) is 11.4 Å². The molecule has 1 unspecified atom stereocenters. The van der Waals surface area contributed by atoms with Gasteiger partial charge in [-0.1, -0.05) is 48.0 Å². The minimum atomic E-state index is -0.242. The summed E-state index contributed by atoms with van der Waals surface area (Å²) < 4.78 is 0. The highest BCUT2D eigenvalue weighted by molar-refractivity contribution is 6.35. The summed E-state index contributed by atoms with van der Waals surface area (Å²) in [4.78, 5) is 8.85. The highest BCUT2D eigenvalue weighted by Crippen LogP contribution is 2.38. The maximum absolute atomic E-state index is 9.98. The van der Waals surface area contributed by atoms with Gasteiger partial charge in [-0.3, -0.25) is 15.0 Å². The predicted octanol–water partition coefficient (Wildman–Crippen LogP) is 5.17. The Morgan fingerprint density at radius 2 is 1.93 bits per heavy atom. The molecule has 0 spiro atoms. The standard InChI is InChI=1S/C30H29ClN8O/c31-25-14-22(35-29(20-7-4-11-33-16-20)27-18-39(38-37-27)23-8-9-23)13-24-28(21(15-32)17-34-30(24)25)36-26(10-12-40)19-5-2-1-3-6-19/h1-7,11,13-14,16-18,23,26,29,35,37-38,40H,8-10,12H2,(H,34,36)/t26-,29?/m1/s1. The van der Waals surface area contributed by atoms with Crippen LogP contribution in [0.2, 0.25) is 5.02 Å². The Morgan fingerprint density at radius 3 is 2.65 bits per heavy atom. The molecule has 2 aromatic carbocycles. The Morgan fingerprint density at radius 1 is 1.10 bits per heavy atom. The van der Waals surface area contributed by atoms with E-state index in [0.29, 0.717) is 39.6 Å². The lowest BCUT2D eigenvalue weighted by Crippen LogP contribution is -2.38. The second-order valence-corrected chi connectivity index (χ2v) is 10.4. The van der Waals surface area contributed by atoms with Crippen molar-refractivity contribution in [2.45, 2.75) is 37.4 Å². The molecule has 1 fully saturated rings. The second kappa shape index (κ2) is 11.4. The normalized spacial score (nSPS) is 16.1. The fourth-order valence-corrected chi connectivity index (χ4v) is 5.26. The Kier molecular flexibility index (Phi) is 7.38. The summed E-state index contributed by atoms with van der Waals surface area (Å²) in [7, 11) is 0. The lowest BCUT2D eigenvalue weighted by atomic mass is 10.0. The molecule has 1 aliphatic carbocycles. The third-order valence-electron chi connectivity index (χ3n) is 7.17. The molecule has 2 aromatic heterocycles. The first kappa shape index (κ1) is 25.9. The number of benzene rings is 2. The second-order valence-electron chi connectivity index (χ2n) is 9.96. The molecule has 202 valence electrons. The van der Waals surface area contributed by atoms with E-state index in [2.05, 4.69) is 48.8 Å². The van der Waals surface area contributed by atoms with E-state index < -0.39 is 0 Å². The van der Waals surface area contributed by atoms with Crippen LogP contribution >= 0.6 is 11.6 Å². The molecule has 0 saturated heterocycles. The highest BCUT2D eigenvalue weighted by atomic mass is 35.5. The topological polar surface area (TPSA) is 121 Å². The molecule has 0 amide bonds. The van der Waals surface area contributed by atoms with Crippen LogP contribution in [0.3, 0.4) is 0 Å². The molecule has 9 nitrogen and oxygen atoms in total. The van der Waals surface area contributed by atoms with Crippen molar-refractivity contribution in [1.82, 2.24) is 25.9 Å². The van der Waals surface area contributed by atoms with Gasteiger partial charge in [-0.15, -0.1) is 5.53 Å². The van der Waals surface area contributed by atoms with Crippen LogP contribution in [-0.2, 0) is 0 Å². The summed E-state index contributed by atoms with van der Waals surface area (Å²) in [6.45, 7) is -0.00810. The van der Waals surface area contributed by atoms with Crippen molar-refractivity contribution in [3.63, 3.8) is 0 Å². The summed E-state index contributed by atoms with van der Waals surface area (Å²) in [5.74, 6) is 0. The van der Waals surface area contributed by atoms with Crippen LogP contribution in [0.5, 0.6) is 0 Å². The summed E-state index contributed by atoms with van der Waals surface area (Å²) in [5.41, 5.74) is 11.9. The number of hydrogen-bond donors (Lipinski definition) is 5. The SMILES string of the molecule is N#Cc1cnc2c(Cl)cc(NC(C3=CN(C4CC4)NN3)c3cccnc3)cc2c1N[C@H](CCO)c1ccccc1. The van der Waals surface area contributed by atoms with E-state index in [9.17, 15) is 10.4 Å². The van der Waals surface area contributed by atoms with E-state index in [4.69, 9.17) is 11.6 Å². The van der Waals surface area contributed by atoms with Crippen molar-refractivity contribution in [3.8, 4) is 6.07 Å². The van der Waals surface area contributed by atoms with Crippen molar-refractivity contribution in [2.24, 2.45) is 0 Å². The molecule has 0 bridgehead atoms. The molecule has 40 heavy (non-hydrogen) atoms. The third kappa shape index (κ3) is 5.38. The van der Waals surface area contributed by atoms with Crippen LogP contribution in [0.15, 0.2) is 85.1 Å². The number of anilines is 2. The van der Waals surface area contributed by atoms with E-state index in [1.807, 2.05) is 60.8 Å². The number of aliphatic hydroxyl groups excluding tert-OH is 1. The van der Waals surface area contributed by atoms with E-state index in [1.165, 1.54) is 6.20 Å². The molecule has 3 heterocycles. The number of halogens is 1. The summed E-state index contributed by atoms with van der Waals surface area (Å²) >= 11 is 6.79. The zero-order valence-electron chi connectivity index (χ0n) is 21.7. The first-order valence-corrected chi connectivity index (χ1v) is 13.6. The molecule has 5 N–H and O–H groups in total. The van der Waals surface area contributed by atoms with Gasteiger partial charge in [0.05, 0.1) is 39.6 Å². The number of nitrogens with zero attached hydrogens (tertiary/aromatic N) is 4. The quantitative estimate of drug-likeness (QED) is 0.181. The lowest BCUT2D eigenvalue weighted by molar-refractivity contribution is 0.260. The number of nitrogens with one attached hydrogen (secondary N) is 4. The predicted molar refractivity (Wildman–Crippen MR) is 156 cm³/mol. The van der Waals surface area contributed by atoms with Gasteiger partial charge in [-0.05, 0) is 48.6 Å². The van der Waals surface area contributed by atoms with Gasteiger partial charge in [0.2, 0.25) is 0 Å². The first-order valence-electron chi connectivity index (χ1n) is 13.3. The molecule has 1 aliphatic heterocycles. The molecule has 0 radical (unpaired) electrons. The van der Waals surface area contributed by atoms with Gasteiger partial charge in [-0.2, -0.15) is 5.26 Å². The maximum Gasteiger partial charge on any atom is 0.103 e. The van der Waals surface area contributed by atoms with Crippen molar-refractivity contribution < 1.29 is 5.11 Å². The molecule has 6 rings (SSSR count). The molecule has 2 atom stereocenters. The Balaban J connectivity index is 1.40. The van der Waals surface area contributed by atoms with Gasteiger partial charge in [0.15, 0.2) is 0 Å². The van der Waals surface area contributed by atoms with Gasteiger partial charge < -0.3 is 21.2 Å². The van der Waals surface area contributed by atoms with Gasteiger partial charge in [-0.25, -0.2) is 0 Å². The zero-order chi connectivity index (χ0) is 27.5. The monoisotopic (exact) mass is 552 g/mol. The number of aliphatic hydroxyl groups is 1. The molecule has 1 saturated carbocycles. The smallest absolute Gasteiger partial charge is 0.103 e. The van der Waals surface area contributed by atoms with Crippen LogP contribution in [-0.4, -0.2) is 32.7 Å². The van der Waals surface area contributed by atoms with E-state index in [-0.39, 0.29) is 18.7 Å². The number of nitriles is 1. The van der Waals surface area contributed by atoms with Crippen molar-refractivity contribution >= 4 is 33.9 Å². The van der Waals surface area contributed by atoms with Crippen LogP contribution in [0.25, 0.3) is 10.9 Å². The molecule has 4 aromatic rings. The van der Waals surface area contributed by atoms with E-state index in [1.54, 1.807) is 6.20 Å². The minimum Gasteiger partial charge on any atom is -0.396 e. The number of aromatic nitrogens is 2. The molecule has 10 heteroatoms. The van der Waals surface area contributed by atoms with Crippen LogP contribution in [0.1, 0.15) is 48.0 Å². The molecule has 2 aliphatic rings. The van der Waals surface area contributed by atoms with Crippen molar-refractivity contribution in [3.05, 3.63) is 107 Å². The maximum atomic E-state index is 9.98. The highest BCUT2D eigenvalue weighted by Gasteiger charge is 2.32. The average Bonchev–Trinajstić information content (AvgIpc) is 3.73. The van der Waals surface area contributed by atoms with Crippen molar-refractivity contribution in [2.75, 3.05) is 17.2 Å². The minimum absolute atomic E-state index is 0.00810. The molecular formula is C30H29ClN8O. The first-order chi connectivity index (χ1) is 19.6. The summed E-state index contributed by atoms with van der Waals surface area (Å²) in [6.07, 6.45) is 10.0. The van der Waals surface area contributed by atoms with Crippen LogP contribution < -0.4 is 21.6 Å². The Hall–Kier alpha value is -4.36. The van der Waals surface area contributed by atoms with E-state index >= 15 is 0 Å². The number of pyridine rings is 2. The zero-order valence-corrected chi connectivity index (χ0v) is 22.4. The fraction of sp³-hybridized carbons (Fsp3) is 0.233. The Labute approximate surface area is 237 Å². The number of rotatable bonds is 10. The number of fused-ring (bicyclic) bond motifs is 1. The third-order valence-corrected chi connectivity index (χ3v) is 7.46. The summed E-state index contributed by atoms with van der Waals surface area (Å²) in [6, 6.07) is 19.9. The van der Waals surface area contributed by atoms with E-state index in [0.717, 1.165) is 35.4 Å². The number of hydrogen-bond acceptors (Lipinski definition) is 9. The lowest BCUT2D eigenvalue weighted by Gasteiger charge is -2.24. The largest absolute Gasteiger partial charge is 0.396 e.